The Bertz CT molecular complexity index is 783. The van der Waals surface area contributed by atoms with Gasteiger partial charge >= 0.3 is 0 Å². The lowest BCUT2D eigenvalue weighted by Gasteiger charge is -2.14. The van der Waals surface area contributed by atoms with Crippen LogP contribution in [0.1, 0.15) is 11.1 Å². The highest BCUT2D eigenvalue weighted by Gasteiger charge is 2.33. The molecule has 0 aromatic heterocycles. The van der Waals surface area contributed by atoms with Gasteiger partial charge in [0.1, 0.15) is 0 Å². The molecule has 0 aliphatic carbocycles. The van der Waals surface area contributed by atoms with Crippen molar-refractivity contribution >= 4 is 16.1 Å². The van der Waals surface area contributed by atoms with Crippen molar-refractivity contribution in [2.24, 2.45) is 5.92 Å². The molecule has 1 aliphatic rings. The van der Waals surface area contributed by atoms with Crippen molar-refractivity contribution in [3.63, 3.8) is 0 Å². The number of hydrogen-bond acceptors (Lipinski definition) is 3. The highest BCUT2D eigenvalue weighted by molar-refractivity contribution is 7.89. The first-order valence-corrected chi connectivity index (χ1v) is 8.95. The zero-order chi connectivity index (χ0) is 16.3. The SMILES string of the molecule is Cc1ccc(S(=O)(=O)N2CC(/C=C/c3ccccc3)CO2)cc1. The molecule has 1 saturated heterocycles. The molecule has 4 nitrogen and oxygen atoms in total. The Morgan fingerprint density at radius 2 is 1.78 bits per heavy atom. The largest absolute Gasteiger partial charge is 0.283 e. The lowest BCUT2D eigenvalue weighted by Crippen LogP contribution is -2.27. The first-order chi connectivity index (χ1) is 11.1. The van der Waals surface area contributed by atoms with Gasteiger partial charge in [-0.3, -0.25) is 4.84 Å². The maximum Gasteiger partial charge on any atom is 0.265 e. The minimum absolute atomic E-state index is 0.0513. The molecule has 0 amide bonds. The van der Waals surface area contributed by atoms with Crippen molar-refractivity contribution in [1.82, 2.24) is 4.47 Å². The molecule has 1 atom stereocenters. The molecule has 0 N–H and O–H groups in total. The molecule has 2 aromatic rings. The highest BCUT2D eigenvalue weighted by Crippen LogP contribution is 2.24. The van der Waals surface area contributed by atoms with Crippen LogP contribution in [-0.2, 0) is 14.9 Å². The second kappa shape index (κ2) is 6.66. The number of nitrogens with zero attached hydrogens (tertiary/aromatic N) is 1. The van der Waals surface area contributed by atoms with E-state index >= 15 is 0 Å². The van der Waals surface area contributed by atoms with Crippen LogP contribution in [-0.4, -0.2) is 26.0 Å². The second-order valence-corrected chi connectivity index (χ2v) is 7.46. The molecule has 5 heteroatoms. The Hall–Kier alpha value is -1.95. The van der Waals surface area contributed by atoms with E-state index in [0.29, 0.717) is 13.2 Å². The van der Waals surface area contributed by atoms with Crippen LogP contribution in [0.2, 0.25) is 0 Å². The van der Waals surface area contributed by atoms with Gasteiger partial charge in [0.05, 0.1) is 11.5 Å². The van der Waals surface area contributed by atoms with Crippen LogP contribution in [0, 0.1) is 12.8 Å². The number of aryl methyl sites for hydroxylation is 1. The summed E-state index contributed by atoms with van der Waals surface area (Å²) < 4.78 is 26.2. The number of hydroxylamine groups is 1. The van der Waals surface area contributed by atoms with Crippen LogP contribution in [0.15, 0.2) is 65.6 Å². The lowest BCUT2D eigenvalue weighted by molar-refractivity contribution is -0.0291. The fourth-order valence-electron chi connectivity index (χ4n) is 2.40. The van der Waals surface area contributed by atoms with Gasteiger partial charge in [-0.05, 0) is 24.6 Å². The van der Waals surface area contributed by atoms with Crippen LogP contribution < -0.4 is 0 Å². The predicted molar refractivity (Wildman–Crippen MR) is 90.0 cm³/mol. The van der Waals surface area contributed by atoms with Gasteiger partial charge in [-0.2, -0.15) is 0 Å². The van der Waals surface area contributed by atoms with Gasteiger partial charge in [-0.25, -0.2) is 8.42 Å². The summed E-state index contributed by atoms with van der Waals surface area (Å²) in [6.07, 6.45) is 4.00. The van der Waals surface area contributed by atoms with Gasteiger partial charge in [0.15, 0.2) is 0 Å². The number of benzene rings is 2. The molecule has 23 heavy (non-hydrogen) atoms. The van der Waals surface area contributed by atoms with E-state index in [1.165, 1.54) is 0 Å². The van der Waals surface area contributed by atoms with E-state index in [1.54, 1.807) is 24.3 Å². The average molecular weight is 329 g/mol. The van der Waals surface area contributed by atoms with E-state index in [-0.39, 0.29) is 10.8 Å². The van der Waals surface area contributed by atoms with Crippen molar-refractivity contribution < 1.29 is 13.3 Å². The second-order valence-electron chi connectivity index (χ2n) is 5.63. The van der Waals surface area contributed by atoms with Gasteiger partial charge in [0.25, 0.3) is 10.0 Å². The molecule has 120 valence electrons. The van der Waals surface area contributed by atoms with E-state index in [4.69, 9.17) is 4.84 Å². The third kappa shape index (κ3) is 3.69. The maximum atomic E-state index is 12.5. The normalized spacial score (nSPS) is 19.4. The third-order valence-electron chi connectivity index (χ3n) is 3.76. The molecule has 0 radical (unpaired) electrons. The van der Waals surface area contributed by atoms with Gasteiger partial charge in [0, 0.05) is 12.5 Å². The molecule has 1 heterocycles. The molecular weight excluding hydrogens is 310 g/mol. The Labute approximate surface area is 137 Å². The first-order valence-electron chi connectivity index (χ1n) is 7.51. The average Bonchev–Trinajstić information content (AvgIpc) is 3.04. The number of rotatable bonds is 4. The molecule has 1 aliphatic heterocycles. The van der Waals surface area contributed by atoms with Crippen molar-refractivity contribution in [2.75, 3.05) is 13.2 Å². The molecule has 1 unspecified atom stereocenters. The summed E-state index contributed by atoms with van der Waals surface area (Å²) in [5, 5.41) is 0. The molecule has 0 bridgehead atoms. The molecule has 0 saturated carbocycles. The van der Waals surface area contributed by atoms with Gasteiger partial charge in [0.2, 0.25) is 0 Å². The topological polar surface area (TPSA) is 46.6 Å². The highest BCUT2D eigenvalue weighted by atomic mass is 32.2. The van der Waals surface area contributed by atoms with E-state index in [9.17, 15) is 8.42 Å². The zero-order valence-corrected chi connectivity index (χ0v) is 13.7. The summed E-state index contributed by atoms with van der Waals surface area (Å²) >= 11 is 0. The fraction of sp³-hybridized carbons (Fsp3) is 0.222. The zero-order valence-electron chi connectivity index (χ0n) is 12.9. The predicted octanol–water partition coefficient (Wildman–Crippen LogP) is 3.26. The van der Waals surface area contributed by atoms with Crippen molar-refractivity contribution in [3.05, 3.63) is 71.8 Å². The minimum atomic E-state index is -3.59. The summed E-state index contributed by atoms with van der Waals surface area (Å²) in [4.78, 5) is 5.66. The fourth-order valence-corrected chi connectivity index (χ4v) is 3.70. The first kappa shape index (κ1) is 15.9. The quantitative estimate of drug-likeness (QED) is 0.865. The lowest BCUT2D eigenvalue weighted by atomic mass is 10.1. The molecule has 1 fully saturated rings. The Balaban J connectivity index is 1.69. The van der Waals surface area contributed by atoms with Crippen molar-refractivity contribution in [1.29, 1.82) is 0 Å². The molecule has 2 aromatic carbocycles. The van der Waals surface area contributed by atoms with Gasteiger partial charge < -0.3 is 0 Å². The van der Waals surface area contributed by atoms with E-state index in [1.807, 2.05) is 49.4 Å². The summed E-state index contributed by atoms with van der Waals surface area (Å²) in [6, 6.07) is 16.7. The van der Waals surface area contributed by atoms with Crippen LogP contribution >= 0.6 is 0 Å². The maximum absolute atomic E-state index is 12.5. The van der Waals surface area contributed by atoms with E-state index < -0.39 is 10.0 Å². The summed E-state index contributed by atoms with van der Waals surface area (Å²) in [5.41, 5.74) is 2.11. The van der Waals surface area contributed by atoms with Crippen molar-refractivity contribution in [2.45, 2.75) is 11.8 Å². The minimum Gasteiger partial charge on any atom is -0.283 e. The van der Waals surface area contributed by atoms with Gasteiger partial charge in [-0.1, -0.05) is 64.6 Å². The third-order valence-corrected chi connectivity index (χ3v) is 5.42. The summed E-state index contributed by atoms with van der Waals surface area (Å²) in [6.45, 7) is 2.63. The van der Waals surface area contributed by atoms with Crippen molar-refractivity contribution in [3.8, 4) is 0 Å². The van der Waals surface area contributed by atoms with Crippen LogP contribution in [0.3, 0.4) is 0 Å². The van der Waals surface area contributed by atoms with Gasteiger partial charge in [-0.15, -0.1) is 0 Å². The molecule has 3 rings (SSSR count). The Morgan fingerprint density at radius 3 is 2.48 bits per heavy atom. The van der Waals surface area contributed by atoms with Crippen LogP contribution in [0.25, 0.3) is 6.08 Å². The van der Waals surface area contributed by atoms with E-state index in [0.717, 1.165) is 15.6 Å². The smallest absolute Gasteiger partial charge is 0.265 e. The number of sulfonamides is 1. The summed E-state index contributed by atoms with van der Waals surface area (Å²) in [5.74, 6) is 0.0513. The Morgan fingerprint density at radius 1 is 1.09 bits per heavy atom. The number of hydrogen-bond donors (Lipinski definition) is 0. The van der Waals surface area contributed by atoms with Crippen LogP contribution in [0.5, 0.6) is 0 Å². The molecule has 0 spiro atoms. The van der Waals surface area contributed by atoms with E-state index in [2.05, 4.69) is 0 Å². The standard InChI is InChI=1S/C18H19NO3S/c1-15-7-11-18(12-8-15)23(20,21)19-13-17(14-22-19)10-9-16-5-3-2-4-6-16/h2-12,17H,13-14H2,1H3/b10-9+. The molecular formula is C18H19NO3S. The Kier molecular flexibility index (Phi) is 4.61. The monoisotopic (exact) mass is 329 g/mol. The van der Waals surface area contributed by atoms with Crippen LogP contribution in [0.4, 0.5) is 0 Å². The summed E-state index contributed by atoms with van der Waals surface area (Å²) in [7, 11) is -3.59.